The molecule has 2 heterocycles. The third kappa shape index (κ3) is 4.38. The Kier molecular flexibility index (Phi) is 6.03. The van der Waals surface area contributed by atoms with Crippen LogP contribution in [0, 0.1) is 5.92 Å². The summed E-state index contributed by atoms with van der Waals surface area (Å²) in [5, 5.41) is 4.17. The largest absolute Gasteiger partial charge is 0.357 e. The van der Waals surface area contributed by atoms with E-state index in [1.54, 1.807) is 6.20 Å². The summed E-state index contributed by atoms with van der Waals surface area (Å²) < 4.78 is 0. The van der Waals surface area contributed by atoms with Crippen LogP contribution in [0.1, 0.15) is 58.8 Å². The van der Waals surface area contributed by atoms with E-state index in [1.165, 1.54) is 41.7 Å². The van der Waals surface area contributed by atoms with E-state index in [9.17, 15) is 4.79 Å². The fraction of sp³-hybridized carbons (Fsp3) is 0.385. The third-order valence-corrected chi connectivity index (χ3v) is 7.81. The number of nitrogens with zero attached hydrogens (tertiary/aromatic N) is 2. The minimum atomic E-state index is 0.161. The Morgan fingerprint density at radius 2 is 1.74 bits per heavy atom. The van der Waals surface area contributed by atoms with Gasteiger partial charge in [0.25, 0.3) is 5.91 Å². The SMILES string of the molecule is O=C(c1cnc(NCc2ccccc2)s1)N1CC[C@H](c2ccccc2)[C@H]2CCCC[C@H]21. The van der Waals surface area contributed by atoms with Crippen LogP contribution in [0.4, 0.5) is 5.13 Å². The van der Waals surface area contributed by atoms with Gasteiger partial charge in [0.05, 0.1) is 6.20 Å². The van der Waals surface area contributed by atoms with Crippen LogP contribution in [0.15, 0.2) is 66.9 Å². The molecule has 1 N–H and O–H groups in total. The smallest absolute Gasteiger partial charge is 0.265 e. The number of piperidine rings is 1. The van der Waals surface area contributed by atoms with Gasteiger partial charge < -0.3 is 10.2 Å². The molecule has 4 nitrogen and oxygen atoms in total. The first-order valence-corrected chi connectivity index (χ1v) is 12.2. The Labute approximate surface area is 188 Å². The van der Waals surface area contributed by atoms with Gasteiger partial charge in [-0.15, -0.1) is 0 Å². The van der Waals surface area contributed by atoms with Crippen molar-refractivity contribution in [3.05, 3.63) is 82.9 Å². The van der Waals surface area contributed by atoms with Gasteiger partial charge in [0, 0.05) is 19.1 Å². The summed E-state index contributed by atoms with van der Waals surface area (Å²) in [5.74, 6) is 1.30. The van der Waals surface area contributed by atoms with Crippen molar-refractivity contribution in [3.8, 4) is 0 Å². The van der Waals surface area contributed by atoms with Gasteiger partial charge in [0.15, 0.2) is 5.13 Å². The van der Waals surface area contributed by atoms with E-state index >= 15 is 0 Å². The van der Waals surface area contributed by atoms with Crippen molar-refractivity contribution in [1.82, 2.24) is 9.88 Å². The Balaban J connectivity index is 1.29. The fourth-order valence-corrected chi connectivity index (χ4v) is 6.16. The van der Waals surface area contributed by atoms with Gasteiger partial charge >= 0.3 is 0 Å². The number of carbonyl (C=O) groups excluding carboxylic acids is 1. The van der Waals surface area contributed by atoms with Gasteiger partial charge in [-0.2, -0.15) is 0 Å². The quantitative estimate of drug-likeness (QED) is 0.543. The average molecular weight is 432 g/mol. The first kappa shape index (κ1) is 20.3. The molecule has 1 saturated heterocycles. The maximum Gasteiger partial charge on any atom is 0.265 e. The standard InChI is InChI=1S/C26H29N3OS/c30-25(24-18-28-26(31-24)27-17-19-9-3-1-4-10-19)29-16-15-21(20-11-5-2-6-12-20)22-13-7-8-14-23(22)29/h1-6,9-12,18,21-23H,7-8,13-17H2,(H,27,28)/t21-,22-,23-/m1/s1. The molecular formula is C26H29N3OS. The lowest BCUT2D eigenvalue weighted by molar-refractivity contribution is 0.0323. The molecule has 2 aliphatic rings. The van der Waals surface area contributed by atoms with Crippen molar-refractivity contribution in [2.24, 2.45) is 5.92 Å². The Hall–Kier alpha value is -2.66. The Morgan fingerprint density at radius 1 is 1.00 bits per heavy atom. The minimum absolute atomic E-state index is 0.161. The van der Waals surface area contributed by atoms with Crippen LogP contribution in [0.25, 0.3) is 0 Å². The second-order valence-electron chi connectivity index (χ2n) is 8.69. The van der Waals surface area contributed by atoms with Gasteiger partial charge in [-0.25, -0.2) is 4.98 Å². The number of amides is 1. The fourth-order valence-electron chi connectivity index (χ4n) is 5.39. The van der Waals surface area contributed by atoms with Crippen LogP contribution in [0.2, 0.25) is 0 Å². The number of carbonyl (C=O) groups is 1. The molecule has 160 valence electrons. The second kappa shape index (κ2) is 9.23. The highest BCUT2D eigenvalue weighted by Crippen LogP contribution is 2.44. The molecule has 3 atom stereocenters. The molecule has 1 amide bonds. The molecule has 2 fully saturated rings. The van der Waals surface area contributed by atoms with Crippen LogP contribution >= 0.6 is 11.3 Å². The van der Waals surface area contributed by atoms with E-state index in [0.29, 0.717) is 17.9 Å². The minimum Gasteiger partial charge on any atom is -0.357 e. The molecule has 1 aromatic heterocycles. The van der Waals surface area contributed by atoms with Crippen molar-refractivity contribution in [2.45, 2.75) is 50.6 Å². The highest BCUT2D eigenvalue weighted by atomic mass is 32.1. The first-order valence-electron chi connectivity index (χ1n) is 11.4. The maximum atomic E-state index is 13.5. The van der Waals surface area contributed by atoms with Crippen molar-refractivity contribution >= 4 is 22.4 Å². The average Bonchev–Trinajstić information content (AvgIpc) is 3.32. The van der Waals surface area contributed by atoms with E-state index in [4.69, 9.17) is 0 Å². The molecule has 0 radical (unpaired) electrons. The number of hydrogen-bond donors (Lipinski definition) is 1. The number of aromatic nitrogens is 1. The van der Waals surface area contributed by atoms with Gasteiger partial charge in [-0.05, 0) is 42.2 Å². The first-order chi connectivity index (χ1) is 15.3. The zero-order valence-corrected chi connectivity index (χ0v) is 18.6. The number of anilines is 1. The predicted octanol–water partition coefficient (Wildman–Crippen LogP) is 5.94. The summed E-state index contributed by atoms with van der Waals surface area (Å²) >= 11 is 1.48. The van der Waals surface area contributed by atoms with Gasteiger partial charge in [-0.3, -0.25) is 4.79 Å². The normalized spacial score (nSPS) is 23.2. The maximum absolute atomic E-state index is 13.5. The van der Waals surface area contributed by atoms with E-state index in [2.05, 4.69) is 57.7 Å². The number of likely N-dealkylation sites (tertiary alicyclic amines) is 1. The van der Waals surface area contributed by atoms with Crippen molar-refractivity contribution in [3.63, 3.8) is 0 Å². The highest BCUT2D eigenvalue weighted by Gasteiger charge is 2.42. The number of nitrogens with one attached hydrogen (secondary N) is 1. The van der Waals surface area contributed by atoms with Gasteiger partial charge in [0.1, 0.15) is 4.88 Å². The van der Waals surface area contributed by atoms with E-state index < -0.39 is 0 Å². The molecule has 1 aliphatic heterocycles. The number of hydrogen-bond acceptors (Lipinski definition) is 4. The molecule has 31 heavy (non-hydrogen) atoms. The monoisotopic (exact) mass is 431 g/mol. The van der Waals surface area contributed by atoms with Crippen LogP contribution in [0.5, 0.6) is 0 Å². The van der Waals surface area contributed by atoms with Gasteiger partial charge in [-0.1, -0.05) is 84.8 Å². The molecule has 3 aromatic rings. The van der Waals surface area contributed by atoms with Crippen molar-refractivity contribution < 1.29 is 4.79 Å². The summed E-state index contributed by atoms with van der Waals surface area (Å²) in [4.78, 5) is 20.8. The zero-order valence-electron chi connectivity index (χ0n) is 17.7. The Morgan fingerprint density at radius 3 is 2.55 bits per heavy atom. The molecule has 0 spiro atoms. The second-order valence-corrected chi connectivity index (χ2v) is 9.72. The summed E-state index contributed by atoms with van der Waals surface area (Å²) in [6, 6.07) is 21.5. The molecule has 5 heteroatoms. The highest BCUT2D eigenvalue weighted by molar-refractivity contribution is 7.17. The molecule has 0 unspecified atom stereocenters. The third-order valence-electron chi connectivity index (χ3n) is 6.87. The lowest BCUT2D eigenvalue weighted by atomic mass is 9.69. The van der Waals surface area contributed by atoms with Gasteiger partial charge in [0.2, 0.25) is 0 Å². The number of benzene rings is 2. The number of fused-ring (bicyclic) bond motifs is 1. The van der Waals surface area contributed by atoms with E-state index in [0.717, 1.165) is 35.9 Å². The van der Waals surface area contributed by atoms with E-state index in [-0.39, 0.29) is 5.91 Å². The molecular weight excluding hydrogens is 402 g/mol. The molecule has 5 rings (SSSR count). The number of thiazole rings is 1. The molecule has 2 aromatic carbocycles. The summed E-state index contributed by atoms with van der Waals surface area (Å²) in [6.45, 7) is 1.55. The van der Waals surface area contributed by atoms with Crippen molar-refractivity contribution in [2.75, 3.05) is 11.9 Å². The Bertz CT molecular complexity index is 1000. The summed E-state index contributed by atoms with van der Waals surface area (Å²) in [6.07, 6.45) is 7.65. The van der Waals surface area contributed by atoms with Crippen LogP contribution in [0.3, 0.4) is 0 Å². The van der Waals surface area contributed by atoms with Crippen LogP contribution in [-0.4, -0.2) is 28.4 Å². The predicted molar refractivity (Wildman–Crippen MR) is 126 cm³/mol. The molecule has 1 aliphatic carbocycles. The molecule has 1 saturated carbocycles. The van der Waals surface area contributed by atoms with Crippen molar-refractivity contribution in [1.29, 1.82) is 0 Å². The summed E-state index contributed by atoms with van der Waals surface area (Å²) in [7, 11) is 0. The van der Waals surface area contributed by atoms with E-state index in [1.807, 2.05) is 18.2 Å². The summed E-state index contributed by atoms with van der Waals surface area (Å²) in [5.41, 5.74) is 2.65. The number of rotatable bonds is 5. The molecule has 0 bridgehead atoms. The lowest BCUT2D eigenvalue weighted by Crippen LogP contribution is -2.52. The zero-order chi connectivity index (χ0) is 21.0. The topological polar surface area (TPSA) is 45.2 Å². The lowest BCUT2D eigenvalue weighted by Gasteiger charge is -2.48. The van der Waals surface area contributed by atoms with Crippen LogP contribution in [-0.2, 0) is 6.54 Å². The van der Waals surface area contributed by atoms with Crippen LogP contribution < -0.4 is 5.32 Å².